The van der Waals surface area contributed by atoms with Crippen molar-refractivity contribution in [3.63, 3.8) is 0 Å². The summed E-state index contributed by atoms with van der Waals surface area (Å²) in [5.41, 5.74) is 4.75. The third-order valence-electron chi connectivity index (χ3n) is 2.45. The molecule has 0 bridgehead atoms. The Kier molecular flexibility index (Phi) is 6.01. The van der Waals surface area contributed by atoms with Crippen molar-refractivity contribution in [2.75, 3.05) is 0 Å². The fraction of sp³-hybridized carbons (Fsp3) is 0.167. The van der Waals surface area contributed by atoms with E-state index in [1.54, 1.807) is 0 Å². The number of pyridine rings is 2. The summed E-state index contributed by atoms with van der Waals surface area (Å²) >= 11 is 0. The Morgan fingerprint density at radius 3 is 2.12 bits per heavy atom. The number of nitrogens with zero attached hydrogens (tertiary/aromatic N) is 2. The molecule has 0 spiro atoms. The predicted molar refractivity (Wildman–Crippen MR) is 71.4 cm³/mol. The van der Waals surface area contributed by atoms with Crippen LogP contribution in [0.25, 0.3) is 11.1 Å². The van der Waals surface area contributed by atoms with Crippen molar-refractivity contribution in [2.45, 2.75) is 13.8 Å². The van der Waals surface area contributed by atoms with Crippen LogP contribution >= 0.6 is 24.8 Å². The average Bonchev–Trinajstić information content (AvgIpc) is 2.23. The number of hydrogen-bond acceptors (Lipinski definition) is 2. The Labute approximate surface area is 108 Å². The molecular formula is C12H14Cl2N2. The first-order valence-corrected chi connectivity index (χ1v) is 4.61. The molecule has 86 valence electrons. The summed E-state index contributed by atoms with van der Waals surface area (Å²) in [5, 5.41) is 0. The largest absolute Gasteiger partial charge is 0.265 e. The molecule has 16 heavy (non-hydrogen) atoms. The molecule has 0 aliphatic heterocycles. The summed E-state index contributed by atoms with van der Waals surface area (Å²) in [4.78, 5) is 8.26. The molecule has 0 amide bonds. The molecule has 0 fully saturated rings. The summed E-state index contributed by atoms with van der Waals surface area (Å²) in [5.74, 6) is 0. The third-order valence-corrected chi connectivity index (χ3v) is 2.45. The number of hydrogen-bond donors (Lipinski definition) is 0. The molecule has 2 nitrogen and oxygen atoms in total. The molecule has 0 saturated carbocycles. The lowest BCUT2D eigenvalue weighted by Gasteiger charge is -2.06. The quantitative estimate of drug-likeness (QED) is 0.780. The molecule has 2 rings (SSSR count). The Bertz CT molecular complexity index is 444. The molecule has 2 aromatic rings. The van der Waals surface area contributed by atoms with Gasteiger partial charge in [0.05, 0.1) is 0 Å². The SMILES string of the molecule is Cc1nccc(-c2ccncc2)c1C.Cl.Cl. The second kappa shape index (κ2) is 6.46. The van der Waals surface area contributed by atoms with Crippen molar-refractivity contribution >= 4 is 24.8 Å². The average molecular weight is 257 g/mol. The fourth-order valence-corrected chi connectivity index (χ4v) is 1.48. The van der Waals surface area contributed by atoms with Gasteiger partial charge in [-0.3, -0.25) is 9.97 Å². The maximum absolute atomic E-state index is 4.25. The molecule has 0 saturated heterocycles. The minimum Gasteiger partial charge on any atom is -0.265 e. The van der Waals surface area contributed by atoms with Crippen LogP contribution in [0.3, 0.4) is 0 Å². The van der Waals surface area contributed by atoms with Crippen LogP contribution in [0.2, 0.25) is 0 Å². The van der Waals surface area contributed by atoms with Gasteiger partial charge in [0.1, 0.15) is 0 Å². The van der Waals surface area contributed by atoms with Gasteiger partial charge in [-0.15, -0.1) is 24.8 Å². The molecule has 0 aliphatic carbocycles. The van der Waals surface area contributed by atoms with E-state index in [1.165, 1.54) is 16.7 Å². The highest BCUT2D eigenvalue weighted by Crippen LogP contribution is 2.22. The van der Waals surface area contributed by atoms with Gasteiger partial charge in [-0.2, -0.15) is 0 Å². The third kappa shape index (κ3) is 2.94. The van der Waals surface area contributed by atoms with Crippen LogP contribution in [0, 0.1) is 13.8 Å². The Hall–Kier alpha value is -1.12. The Morgan fingerprint density at radius 2 is 1.50 bits per heavy atom. The van der Waals surface area contributed by atoms with E-state index in [0.717, 1.165) is 5.69 Å². The van der Waals surface area contributed by atoms with E-state index < -0.39 is 0 Å². The van der Waals surface area contributed by atoms with Gasteiger partial charge >= 0.3 is 0 Å². The lowest BCUT2D eigenvalue weighted by atomic mass is 10.0. The molecule has 0 radical (unpaired) electrons. The summed E-state index contributed by atoms with van der Waals surface area (Å²) in [6.45, 7) is 4.12. The maximum Gasteiger partial charge on any atom is 0.0407 e. The molecule has 0 N–H and O–H groups in total. The number of rotatable bonds is 1. The highest BCUT2D eigenvalue weighted by atomic mass is 35.5. The molecule has 4 heteroatoms. The number of aryl methyl sites for hydroxylation is 1. The summed E-state index contributed by atoms with van der Waals surface area (Å²) in [6, 6.07) is 6.07. The molecule has 2 aromatic heterocycles. The van der Waals surface area contributed by atoms with E-state index in [2.05, 4.69) is 16.9 Å². The van der Waals surface area contributed by atoms with Gasteiger partial charge in [-0.25, -0.2) is 0 Å². The smallest absolute Gasteiger partial charge is 0.0407 e. The zero-order valence-corrected chi connectivity index (χ0v) is 10.8. The van der Waals surface area contributed by atoms with E-state index in [-0.39, 0.29) is 24.8 Å². The molecule has 0 aliphatic rings. The zero-order chi connectivity index (χ0) is 9.97. The highest BCUT2D eigenvalue weighted by molar-refractivity contribution is 5.85. The molecular weight excluding hydrogens is 243 g/mol. The fourth-order valence-electron chi connectivity index (χ4n) is 1.48. The topological polar surface area (TPSA) is 25.8 Å². The summed E-state index contributed by atoms with van der Waals surface area (Å²) < 4.78 is 0. The number of halogens is 2. The Morgan fingerprint density at radius 1 is 0.875 bits per heavy atom. The first-order chi connectivity index (χ1) is 6.79. The van der Waals surface area contributed by atoms with E-state index in [1.807, 2.05) is 43.7 Å². The first-order valence-electron chi connectivity index (χ1n) is 4.61. The second-order valence-corrected chi connectivity index (χ2v) is 3.30. The van der Waals surface area contributed by atoms with Crippen molar-refractivity contribution in [3.05, 3.63) is 48.0 Å². The van der Waals surface area contributed by atoms with Crippen LogP contribution in [-0.2, 0) is 0 Å². The van der Waals surface area contributed by atoms with Gasteiger partial charge in [0, 0.05) is 24.3 Å². The zero-order valence-electron chi connectivity index (χ0n) is 9.18. The van der Waals surface area contributed by atoms with E-state index >= 15 is 0 Å². The van der Waals surface area contributed by atoms with Crippen molar-refractivity contribution < 1.29 is 0 Å². The molecule has 0 aromatic carbocycles. The molecule has 2 heterocycles. The van der Waals surface area contributed by atoms with Gasteiger partial charge in [0.15, 0.2) is 0 Å². The minimum atomic E-state index is 0. The van der Waals surface area contributed by atoms with Crippen molar-refractivity contribution in [3.8, 4) is 11.1 Å². The van der Waals surface area contributed by atoms with Crippen molar-refractivity contribution in [1.29, 1.82) is 0 Å². The predicted octanol–water partition coefficient (Wildman–Crippen LogP) is 3.60. The highest BCUT2D eigenvalue weighted by Gasteiger charge is 2.02. The number of aromatic nitrogens is 2. The second-order valence-electron chi connectivity index (χ2n) is 3.30. The van der Waals surface area contributed by atoms with E-state index in [0.29, 0.717) is 0 Å². The van der Waals surface area contributed by atoms with E-state index in [9.17, 15) is 0 Å². The van der Waals surface area contributed by atoms with Crippen LogP contribution in [-0.4, -0.2) is 9.97 Å². The van der Waals surface area contributed by atoms with Gasteiger partial charge < -0.3 is 0 Å². The normalized spacial score (nSPS) is 8.88. The minimum absolute atomic E-state index is 0. The lowest BCUT2D eigenvalue weighted by Crippen LogP contribution is -1.90. The van der Waals surface area contributed by atoms with Crippen LogP contribution in [0.5, 0.6) is 0 Å². The molecule has 0 unspecified atom stereocenters. The van der Waals surface area contributed by atoms with Crippen LogP contribution in [0.4, 0.5) is 0 Å². The lowest BCUT2D eigenvalue weighted by molar-refractivity contribution is 1.15. The first kappa shape index (κ1) is 14.9. The van der Waals surface area contributed by atoms with Gasteiger partial charge in [0.25, 0.3) is 0 Å². The van der Waals surface area contributed by atoms with Crippen molar-refractivity contribution in [2.24, 2.45) is 0 Å². The standard InChI is InChI=1S/C12H12N2.2ClH/c1-9-10(2)14-8-5-12(9)11-3-6-13-7-4-11;;/h3-8H,1-2H3;2*1H. The van der Waals surface area contributed by atoms with Crippen LogP contribution in [0.15, 0.2) is 36.8 Å². The summed E-state index contributed by atoms with van der Waals surface area (Å²) in [6.07, 6.45) is 5.47. The maximum atomic E-state index is 4.25. The Balaban J connectivity index is 0.00000112. The summed E-state index contributed by atoms with van der Waals surface area (Å²) in [7, 11) is 0. The molecule has 0 atom stereocenters. The van der Waals surface area contributed by atoms with Crippen molar-refractivity contribution in [1.82, 2.24) is 9.97 Å². The van der Waals surface area contributed by atoms with Crippen LogP contribution in [0.1, 0.15) is 11.3 Å². The van der Waals surface area contributed by atoms with Crippen LogP contribution < -0.4 is 0 Å². The monoisotopic (exact) mass is 256 g/mol. The van der Waals surface area contributed by atoms with E-state index in [4.69, 9.17) is 0 Å². The van der Waals surface area contributed by atoms with Gasteiger partial charge in [0.2, 0.25) is 0 Å². The van der Waals surface area contributed by atoms with Gasteiger partial charge in [-0.1, -0.05) is 0 Å². The van der Waals surface area contributed by atoms with Gasteiger partial charge in [-0.05, 0) is 48.7 Å².